The Bertz CT molecular complexity index is 829. The Balaban J connectivity index is 2.13. The molecule has 0 aromatic heterocycles. The van der Waals surface area contributed by atoms with Gasteiger partial charge in [-0.15, -0.1) is 0 Å². The van der Waals surface area contributed by atoms with Crippen LogP contribution in [0.25, 0.3) is 6.08 Å². The summed E-state index contributed by atoms with van der Waals surface area (Å²) in [5.41, 5.74) is 1.47. The van der Waals surface area contributed by atoms with Crippen LogP contribution >= 0.6 is 0 Å². The van der Waals surface area contributed by atoms with Crippen molar-refractivity contribution in [3.63, 3.8) is 0 Å². The molecule has 6 nitrogen and oxygen atoms in total. The van der Waals surface area contributed by atoms with Gasteiger partial charge in [0.15, 0.2) is 11.5 Å². The van der Waals surface area contributed by atoms with Gasteiger partial charge in [-0.25, -0.2) is 4.79 Å². The first-order valence-corrected chi connectivity index (χ1v) is 8.65. The maximum absolute atomic E-state index is 12.2. The highest BCUT2D eigenvalue weighted by Gasteiger charge is 2.12. The third-order valence-electron chi connectivity index (χ3n) is 3.58. The second-order valence-electron chi connectivity index (χ2n) is 5.43. The molecule has 0 aliphatic carbocycles. The Morgan fingerprint density at radius 1 is 1.00 bits per heavy atom. The lowest BCUT2D eigenvalue weighted by molar-refractivity contribution is -0.111. The van der Waals surface area contributed by atoms with Crippen molar-refractivity contribution in [1.82, 2.24) is 0 Å². The number of hydrogen-bond acceptors (Lipinski definition) is 5. The summed E-state index contributed by atoms with van der Waals surface area (Å²) >= 11 is 0. The number of esters is 1. The average molecular weight is 369 g/mol. The lowest BCUT2D eigenvalue weighted by Gasteiger charge is -2.11. The van der Waals surface area contributed by atoms with E-state index in [9.17, 15) is 9.59 Å². The highest BCUT2D eigenvalue weighted by molar-refractivity contribution is 6.06. The molecule has 142 valence electrons. The monoisotopic (exact) mass is 369 g/mol. The van der Waals surface area contributed by atoms with Crippen LogP contribution in [0.15, 0.2) is 48.5 Å². The number of anilines is 1. The van der Waals surface area contributed by atoms with Crippen molar-refractivity contribution in [3.05, 3.63) is 59.7 Å². The van der Waals surface area contributed by atoms with Gasteiger partial charge in [-0.2, -0.15) is 0 Å². The van der Waals surface area contributed by atoms with Gasteiger partial charge in [-0.3, -0.25) is 4.79 Å². The van der Waals surface area contributed by atoms with E-state index in [1.807, 2.05) is 19.9 Å². The number of carbonyl (C=O) groups is 2. The number of methoxy groups -OCH3 is 1. The minimum atomic E-state index is -0.511. The molecule has 0 fully saturated rings. The molecule has 0 heterocycles. The zero-order chi connectivity index (χ0) is 19.6. The Kier molecular flexibility index (Phi) is 7.43. The SMILES string of the molecule is CCOc1ccc(/C=C/C(=O)Nc2ccccc2C(=O)OC)cc1OCC. The third kappa shape index (κ3) is 5.60. The summed E-state index contributed by atoms with van der Waals surface area (Å²) < 4.78 is 15.8. The van der Waals surface area contributed by atoms with E-state index in [1.165, 1.54) is 13.2 Å². The zero-order valence-corrected chi connectivity index (χ0v) is 15.7. The van der Waals surface area contributed by atoms with Gasteiger partial charge in [-0.1, -0.05) is 18.2 Å². The molecular formula is C21H23NO5. The summed E-state index contributed by atoms with van der Waals surface area (Å²) in [5, 5.41) is 2.68. The number of benzene rings is 2. The van der Waals surface area contributed by atoms with Crippen LogP contribution in [0.5, 0.6) is 11.5 Å². The minimum Gasteiger partial charge on any atom is -0.490 e. The Hall–Kier alpha value is -3.28. The van der Waals surface area contributed by atoms with Crippen molar-refractivity contribution >= 4 is 23.6 Å². The van der Waals surface area contributed by atoms with Crippen LogP contribution in [-0.4, -0.2) is 32.2 Å². The van der Waals surface area contributed by atoms with Gasteiger partial charge in [0.2, 0.25) is 5.91 Å². The highest BCUT2D eigenvalue weighted by atomic mass is 16.5. The van der Waals surface area contributed by atoms with Crippen molar-refractivity contribution in [2.24, 2.45) is 0 Å². The standard InChI is InChI=1S/C21H23NO5/c1-4-26-18-12-10-15(14-19(18)27-5-2)11-13-20(23)22-17-9-7-6-8-16(17)21(24)25-3/h6-14H,4-5H2,1-3H3,(H,22,23)/b13-11+. The average Bonchev–Trinajstić information content (AvgIpc) is 2.68. The zero-order valence-electron chi connectivity index (χ0n) is 15.7. The van der Waals surface area contributed by atoms with Crippen molar-refractivity contribution in [3.8, 4) is 11.5 Å². The van der Waals surface area contributed by atoms with Crippen LogP contribution < -0.4 is 14.8 Å². The maximum Gasteiger partial charge on any atom is 0.339 e. The quantitative estimate of drug-likeness (QED) is 0.564. The predicted molar refractivity (Wildman–Crippen MR) is 104 cm³/mol. The molecule has 6 heteroatoms. The smallest absolute Gasteiger partial charge is 0.339 e. The van der Waals surface area contributed by atoms with E-state index >= 15 is 0 Å². The van der Waals surface area contributed by atoms with E-state index in [1.54, 1.807) is 42.5 Å². The van der Waals surface area contributed by atoms with Gasteiger partial charge in [0.25, 0.3) is 0 Å². The van der Waals surface area contributed by atoms with E-state index in [0.29, 0.717) is 36.0 Å². The molecular weight excluding hydrogens is 346 g/mol. The lowest BCUT2D eigenvalue weighted by atomic mass is 10.1. The van der Waals surface area contributed by atoms with Crippen LogP contribution in [0, 0.1) is 0 Å². The van der Waals surface area contributed by atoms with E-state index < -0.39 is 5.97 Å². The van der Waals surface area contributed by atoms with E-state index in [4.69, 9.17) is 14.2 Å². The summed E-state index contributed by atoms with van der Waals surface area (Å²) in [6, 6.07) is 12.1. The van der Waals surface area contributed by atoms with Crippen LogP contribution in [0.1, 0.15) is 29.8 Å². The largest absolute Gasteiger partial charge is 0.490 e. The van der Waals surface area contributed by atoms with Gasteiger partial charge in [0, 0.05) is 6.08 Å². The number of ether oxygens (including phenoxy) is 3. The van der Waals surface area contributed by atoms with E-state index in [2.05, 4.69) is 5.32 Å². The molecule has 2 aromatic rings. The molecule has 0 unspecified atom stereocenters. The summed E-state index contributed by atoms with van der Waals surface area (Å²) in [6.45, 7) is 4.85. The molecule has 2 rings (SSSR count). The van der Waals surface area contributed by atoms with Crippen LogP contribution in [0.3, 0.4) is 0 Å². The fourth-order valence-electron chi connectivity index (χ4n) is 2.40. The first-order valence-electron chi connectivity index (χ1n) is 8.65. The Labute approximate surface area is 158 Å². The van der Waals surface area contributed by atoms with Crippen molar-refractivity contribution in [1.29, 1.82) is 0 Å². The van der Waals surface area contributed by atoms with Crippen LogP contribution in [0.4, 0.5) is 5.69 Å². The summed E-state index contributed by atoms with van der Waals surface area (Å²) in [5.74, 6) is 0.409. The van der Waals surface area contributed by atoms with Gasteiger partial charge in [-0.05, 0) is 49.8 Å². The first kappa shape index (κ1) is 20.0. The molecule has 1 N–H and O–H groups in total. The first-order chi connectivity index (χ1) is 13.1. The Morgan fingerprint density at radius 3 is 2.41 bits per heavy atom. The molecule has 0 bridgehead atoms. The van der Waals surface area contributed by atoms with E-state index in [-0.39, 0.29) is 5.91 Å². The molecule has 0 radical (unpaired) electrons. The molecule has 0 saturated carbocycles. The van der Waals surface area contributed by atoms with Gasteiger partial charge < -0.3 is 19.5 Å². The highest BCUT2D eigenvalue weighted by Crippen LogP contribution is 2.29. The van der Waals surface area contributed by atoms with Crippen molar-refractivity contribution < 1.29 is 23.8 Å². The molecule has 0 aliphatic heterocycles. The summed E-state index contributed by atoms with van der Waals surface area (Å²) in [6.07, 6.45) is 3.05. The van der Waals surface area contributed by atoms with Crippen LogP contribution in [-0.2, 0) is 9.53 Å². The molecule has 0 saturated heterocycles. The molecule has 0 aliphatic rings. The van der Waals surface area contributed by atoms with Gasteiger partial charge in [0.1, 0.15) is 0 Å². The molecule has 0 atom stereocenters. The lowest BCUT2D eigenvalue weighted by Crippen LogP contribution is -2.12. The fourth-order valence-corrected chi connectivity index (χ4v) is 2.40. The van der Waals surface area contributed by atoms with Crippen molar-refractivity contribution in [2.75, 3.05) is 25.6 Å². The van der Waals surface area contributed by atoms with Crippen molar-refractivity contribution in [2.45, 2.75) is 13.8 Å². The van der Waals surface area contributed by atoms with Crippen LogP contribution in [0.2, 0.25) is 0 Å². The molecule has 1 amide bonds. The third-order valence-corrected chi connectivity index (χ3v) is 3.58. The maximum atomic E-state index is 12.2. The second kappa shape index (κ2) is 10.0. The van der Waals surface area contributed by atoms with Gasteiger partial charge in [0.05, 0.1) is 31.6 Å². The predicted octanol–water partition coefficient (Wildman–Crippen LogP) is 3.92. The van der Waals surface area contributed by atoms with E-state index in [0.717, 1.165) is 5.56 Å². The normalized spacial score (nSPS) is 10.5. The Morgan fingerprint density at radius 2 is 1.70 bits per heavy atom. The molecule has 0 spiro atoms. The number of hydrogen-bond donors (Lipinski definition) is 1. The number of para-hydroxylation sites is 1. The number of carbonyl (C=O) groups excluding carboxylic acids is 2. The fraction of sp³-hybridized carbons (Fsp3) is 0.238. The minimum absolute atomic E-state index is 0.293. The summed E-state index contributed by atoms with van der Waals surface area (Å²) in [4.78, 5) is 24.0. The van der Waals surface area contributed by atoms with Gasteiger partial charge >= 0.3 is 5.97 Å². The topological polar surface area (TPSA) is 73.9 Å². The molecule has 2 aromatic carbocycles. The number of rotatable bonds is 8. The summed E-state index contributed by atoms with van der Waals surface area (Å²) in [7, 11) is 1.29. The second-order valence-corrected chi connectivity index (χ2v) is 5.43. The molecule has 27 heavy (non-hydrogen) atoms. The number of nitrogens with one attached hydrogen (secondary N) is 1. The number of amides is 1.